The highest BCUT2D eigenvalue weighted by Gasteiger charge is 2.36. The molecule has 2 heterocycles. The van der Waals surface area contributed by atoms with Gasteiger partial charge in [0.15, 0.2) is 17.5 Å². The Hall–Kier alpha value is -5.87. The van der Waals surface area contributed by atoms with E-state index in [1.807, 2.05) is 72.8 Å². The van der Waals surface area contributed by atoms with Gasteiger partial charge in [0, 0.05) is 32.9 Å². The van der Waals surface area contributed by atoms with E-state index in [4.69, 9.17) is 19.4 Å². The van der Waals surface area contributed by atoms with Crippen molar-refractivity contribution < 1.29 is 4.42 Å². The Balaban J connectivity index is 1.15. The number of hydrogen-bond acceptors (Lipinski definition) is 4. The molecule has 0 unspecified atom stereocenters. The molecule has 4 nitrogen and oxygen atoms in total. The van der Waals surface area contributed by atoms with E-state index in [2.05, 4.69) is 80.6 Å². The van der Waals surface area contributed by atoms with E-state index in [0.717, 1.165) is 49.8 Å². The first-order valence-electron chi connectivity index (χ1n) is 15.6. The van der Waals surface area contributed by atoms with E-state index in [0.29, 0.717) is 17.5 Å². The number of furan rings is 1. The van der Waals surface area contributed by atoms with Crippen LogP contribution in [0.25, 0.3) is 78.4 Å². The second-order valence-electron chi connectivity index (χ2n) is 12.5. The van der Waals surface area contributed by atoms with Crippen LogP contribution in [0.5, 0.6) is 0 Å². The van der Waals surface area contributed by atoms with Crippen LogP contribution in [-0.4, -0.2) is 15.0 Å². The highest BCUT2D eigenvalue weighted by Crippen LogP contribution is 2.51. The predicted molar refractivity (Wildman–Crippen MR) is 186 cm³/mol. The molecule has 46 heavy (non-hydrogen) atoms. The van der Waals surface area contributed by atoms with E-state index in [-0.39, 0.29) is 5.41 Å². The monoisotopic (exact) mass is 591 g/mol. The second-order valence-corrected chi connectivity index (χ2v) is 12.5. The van der Waals surface area contributed by atoms with Crippen molar-refractivity contribution in [2.45, 2.75) is 19.3 Å². The quantitative estimate of drug-likeness (QED) is 0.204. The number of rotatable bonds is 4. The van der Waals surface area contributed by atoms with E-state index in [9.17, 15) is 0 Å². The van der Waals surface area contributed by atoms with Gasteiger partial charge in [-0.1, -0.05) is 123 Å². The molecule has 1 aliphatic rings. The first-order chi connectivity index (χ1) is 22.5. The predicted octanol–water partition coefficient (Wildman–Crippen LogP) is 10.7. The molecular formula is C42H29N3O. The Labute approximate surface area is 267 Å². The Morgan fingerprint density at radius 2 is 0.978 bits per heavy atom. The van der Waals surface area contributed by atoms with Crippen LogP contribution < -0.4 is 0 Å². The number of para-hydroxylation sites is 1. The molecule has 0 atom stereocenters. The summed E-state index contributed by atoms with van der Waals surface area (Å²) in [4.78, 5) is 14.8. The third kappa shape index (κ3) is 4.18. The molecule has 0 saturated carbocycles. The normalized spacial score (nSPS) is 13.2. The van der Waals surface area contributed by atoms with E-state index in [1.54, 1.807) is 0 Å². The van der Waals surface area contributed by atoms with Crippen LogP contribution in [0.15, 0.2) is 144 Å². The molecular weight excluding hydrogens is 562 g/mol. The standard InChI is InChI=1S/C42H29N3O/c1-42(2)35-23-29(20-21-31(35)33-24-34-32-18-9-10-19-37(32)46-38(34)25-36(33)42)28-16-11-17-30(22-28)41-44-39(26-12-5-3-6-13-26)43-40(45-41)27-14-7-4-8-15-27/h3-25H,1-2H3. The maximum absolute atomic E-state index is 6.27. The molecule has 4 heteroatoms. The molecule has 218 valence electrons. The third-order valence-corrected chi connectivity index (χ3v) is 9.33. The van der Waals surface area contributed by atoms with Gasteiger partial charge >= 0.3 is 0 Å². The molecule has 0 bridgehead atoms. The van der Waals surface area contributed by atoms with Gasteiger partial charge in [0.25, 0.3) is 0 Å². The smallest absolute Gasteiger partial charge is 0.164 e. The van der Waals surface area contributed by atoms with Crippen LogP contribution in [0, 0.1) is 0 Å². The second kappa shape index (κ2) is 10.1. The number of fused-ring (bicyclic) bond motifs is 6. The van der Waals surface area contributed by atoms with Crippen molar-refractivity contribution in [1.29, 1.82) is 0 Å². The van der Waals surface area contributed by atoms with Crippen LogP contribution in [0.3, 0.4) is 0 Å². The number of hydrogen-bond donors (Lipinski definition) is 0. The van der Waals surface area contributed by atoms with E-state index in [1.165, 1.54) is 22.3 Å². The minimum atomic E-state index is -0.172. The van der Waals surface area contributed by atoms with Gasteiger partial charge in [-0.05, 0) is 63.7 Å². The minimum absolute atomic E-state index is 0.172. The largest absolute Gasteiger partial charge is 0.456 e. The van der Waals surface area contributed by atoms with Crippen LogP contribution in [0.2, 0.25) is 0 Å². The SMILES string of the molecule is CC1(C)c2cc(-c3cccc(-c4nc(-c5ccccc5)nc(-c5ccccc5)n4)c3)ccc2-c2cc3c(cc21)oc1ccccc13. The molecule has 0 N–H and O–H groups in total. The fourth-order valence-corrected chi connectivity index (χ4v) is 6.91. The molecule has 8 aromatic rings. The lowest BCUT2D eigenvalue weighted by molar-refractivity contribution is 0.647. The molecule has 0 saturated heterocycles. The molecule has 6 aromatic carbocycles. The lowest BCUT2D eigenvalue weighted by atomic mass is 9.81. The van der Waals surface area contributed by atoms with Crippen LogP contribution >= 0.6 is 0 Å². The van der Waals surface area contributed by atoms with Gasteiger partial charge in [0.2, 0.25) is 0 Å². The molecule has 0 amide bonds. The highest BCUT2D eigenvalue weighted by atomic mass is 16.3. The summed E-state index contributed by atoms with van der Waals surface area (Å²) >= 11 is 0. The average molecular weight is 592 g/mol. The van der Waals surface area contributed by atoms with Crippen molar-refractivity contribution in [3.8, 4) is 56.4 Å². The van der Waals surface area contributed by atoms with Gasteiger partial charge in [0.05, 0.1) is 0 Å². The summed E-state index contributed by atoms with van der Waals surface area (Å²) in [6.07, 6.45) is 0. The Morgan fingerprint density at radius 3 is 1.70 bits per heavy atom. The summed E-state index contributed by atoms with van der Waals surface area (Å²) in [5, 5.41) is 2.32. The first-order valence-corrected chi connectivity index (χ1v) is 15.6. The maximum Gasteiger partial charge on any atom is 0.164 e. The Kier molecular flexibility index (Phi) is 5.81. The molecule has 2 aromatic heterocycles. The van der Waals surface area contributed by atoms with Gasteiger partial charge < -0.3 is 4.42 Å². The zero-order chi connectivity index (χ0) is 30.8. The van der Waals surface area contributed by atoms with E-state index >= 15 is 0 Å². The molecule has 0 radical (unpaired) electrons. The average Bonchev–Trinajstić information content (AvgIpc) is 3.59. The molecule has 0 spiro atoms. The number of aromatic nitrogens is 3. The number of nitrogens with zero attached hydrogens (tertiary/aromatic N) is 3. The first kappa shape index (κ1) is 26.5. The summed E-state index contributed by atoms with van der Waals surface area (Å²) in [5.41, 5.74) is 12.0. The van der Waals surface area contributed by atoms with Crippen molar-refractivity contribution in [3.63, 3.8) is 0 Å². The summed E-state index contributed by atoms with van der Waals surface area (Å²) in [7, 11) is 0. The van der Waals surface area contributed by atoms with Crippen LogP contribution in [-0.2, 0) is 5.41 Å². The lowest BCUT2D eigenvalue weighted by Crippen LogP contribution is -2.15. The van der Waals surface area contributed by atoms with Crippen LogP contribution in [0.1, 0.15) is 25.0 Å². The Bertz CT molecular complexity index is 2380. The van der Waals surface area contributed by atoms with Crippen LogP contribution in [0.4, 0.5) is 0 Å². The molecule has 9 rings (SSSR count). The summed E-state index contributed by atoms with van der Waals surface area (Å²) in [6, 6.07) is 48.4. The molecule has 0 fully saturated rings. The van der Waals surface area contributed by atoms with Crippen molar-refractivity contribution in [1.82, 2.24) is 15.0 Å². The third-order valence-electron chi connectivity index (χ3n) is 9.33. The summed E-state index contributed by atoms with van der Waals surface area (Å²) < 4.78 is 6.27. The van der Waals surface area contributed by atoms with Crippen molar-refractivity contribution in [2.75, 3.05) is 0 Å². The summed E-state index contributed by atoms with van der Waals surface area (Å²) in [6.45, 7) is 4.63. The van der Waals surface area contributed by atoms with Crippen molar-refractivity contribution in [3.05, 3.63) is 151 Å². The van der Waals surface area contributed by atoms with Gasteiger partial charge in [0.1, 0.15) is 11.2 Å². The van der Waals surface area contributed by atoms with Crippen molar-refractivity contribution >= 4 is 21.9 Å². The van der Waals surface area contributed by atoms with Gasteiger partial charge in [-0.3, -0.25) is 0 Å². The lowest BCUT2D eigenvalue weighted by Gasteiger charge is -2.22. The van der Waals surface area contributed by atoms with E-state index < -0.39 is 0 Å². The zero-order valence-corrected chi connectivity index (χ0v) is 25.5. The fraction of sp³-hybridized carbons (Fsp3) is 0.0714. The highest BCUT2D eigenvalue weighted by molar-refractivity contribution is 6.07. The Morgan fingerprint density at radius 1 is 0.413 bits per heavy atom. The number of benzene rings is 6. The van der Waals surface area contributed by atoms with Gasteiger partial charge in [-0.2, -0.15) is 0 Å². The zero-order valence-electron chi connectivity index (χ0n) is 25.5. The van der Waals surface area contributed by atoms with Gasteiger partial charge in [-0.25, -0.2) is 15.0 Å². The topological polar surface area (TPSA) is 51.8 Å². The minimum Gasteiger partial charge on any atom is -0.456 e. The summed E-state index contributed by atoms with van der Waals surface area (Å²) in [5.74, 6) is 1.97. The fourth-order valence-electron chi connectivity index (χ4n) is 6.91. The molecule has 0 aliphatic heterocycles. The van der Waals surface area contributed by atoms with Crippen molar-refractivity contribution in [2.24, 2.45) is 0 Å². The van der Waals surface area contributed by atoms with Gasteiger partial charge in [-0.15, -0.1) is 0 Å². The maximum atomic E-state index is 6.27. The molecule has 1 aliphatic carbocycles.